The summed E-state index contributed by atoms with van der Waals surface area (Å²) < 4.78 is 63.8. The number of ketones is 1. The van der Waals surface area contributed by atoms with Crippen LogP contribution in [0.5, 0.6) is 0 Å². The summed E-state index contributed by atoms with van der Waals surface area (Å²) in [6.45, 7) is 13.6. The Labute approximate surface area is 368 Å². The van der Waals surface area contributed by atoms with Crippen LogP contribution in [-0.4, -0.2) is 111 Å². The second-order valence-corrected chi connectivity index (χ2v) is 18.9. The summed E-state index contributed by atoms with van der Waals surface area (Å²) in [4.78, 5) is 83.1. The van der Waals surface area contributed by atoms with Crippen molar-refractivity contribution in [1.29, 1.82) is 0 Å². The quantitative estimate of drug-likeness (QED) is 0.155. The van der Waals surface area contributed by atoms with Crippen LogP contribution in [-0.2, 0) is 47.6 Å². The van der Waals surface area contributed by atoms with E-state index in [0.29, 0.717) is 0 Å². The molecule has 16 nitrogen and oxygen atoms in total. The van der Waals surface area contributed by atoms with E-state index in [-0.39, 0.29) is 34.3 Å². The second-order valence-electron chi connectivity index (χ2n) is 18.9. The molecule has 0 radical (unpaired) electrons. The number of carbonyl (C=O) groups is 6. The van der Waals surface area contributed by atoms with Gasteiger partial charge in [0.05, 0.1) is 35.6 Å². The summed E-state index contributed by atoms with van der Waals surface area (Å²) in [7, 11) is 0. The average molecular weight is 900 g/mol. The number of aliphatic hydroxyl groups is 3. The number of aryl methyl sites for hydroxylation is 1. The number of aliphatic hydroxyl groups excluding tert-OH is 2. The number of nitrogens with one attached hydrogen (secondary N) is 1. The molecule has 0 unspecified atom stereocenters. The molecule has 1 aliphatic heterocycles. The number of alkyl carbamates (subject to hydrolysis) is 1. The second kappa shape index (κ2) is 16.9. The Kier molecular flexibility index (Phi) is 12.7. The molecule has 3 aliphatic carbocycles. The molecule has 0 aromatic heterocycles. The Hall–Kier alpha value is -5.30. The first-order valence-electron chi connectivity index (χ1n) is 20.8. The van der Waals surface area contributed by atoms with Gasteiger partial charge in [0, 0.05) is 32.1 Å². The largest absolute Gasteiger partial charge is 0.456 e. The van der Waals surface area contributed by atoms with Gasteiger partial charge in [-0.25, -0.2) is 23.2 Å². The molecule has 1 heterocycles. The molecule has 2 aromatic rings. The van der Waals surface area contributed by atoms with E-state index in [9.17, 15) is 48.1 Å². The van der Waals surface area contributed by atoms with Gasteiger partial charge in [0.25, 0.3) is 0 Å². The van der Waals surface area contributed by atoms with Crippen molar-refractivity contribution in [3.8, 4) is 0 Å². The topological polar surface area (TPSA) is 231 Å². The molecular formula is C46H55F2NO15. The minimum atomic E-state index is -2.52. The lowest BCUT2D eigenvalue weighted by Gasteiger charge is -2.67. The van der Waals surface area contributed by atoms with Gasteiger partial charge in [-0.05, 0) is 94.1 Å². The normalized spacial score (nSPS) is 31.6. The van der Waals surface area contributed by atoms with Crippen LogP contribution >= 0.6 is 0 Å². The van der Waals surface area contributed by atoms with Crippen molar-refractivity contribution in [3.05, 3.63) is 81.9 Å². The molecule has 64 heavy (non-hydrogen) atoms. The van der Waals surface area contributed by atoms with Gasteiger partial charge in [0.15, 0.2) is 23.6 Å². The number of carbonyl (C=O) groups excluding carboxylic acids is 6. The minimum absolute atomic E-state index is 0.0621. The SMILES string of the molecule is CC(=O)O[C@H]1C(=O)[C@@]2(C)[C@H]([C@H](OC(=O)c3ccc(F)c(C)c3)[C@]3(O)C[C@H](OC(=O)[C@H](O)[C@@H](NC(=O)OC(C)(C)C)c4ccc(F)cc4)C(C)=C1C3(C)C)[C@]1(OC(C)=O)CO[C@@H]1C[C@@H]2O. The molecule has 3 fully saturated rings. The summed E-state index contributed by atoms with van der Waals surface area (Å²) in [5, 5.41) is 39.8. The van der Waals surface area contributed by atoms with Crippen LogP contribution in [0.4, 0.5) is 13.6 Å². The van der Waals surface area contributed by atoms with Crippen LogP contribution in [0.3, 0.4) is 0 Å². The first-order valence-corrected chi connectivity index (χ1v) is 20.8. The zero-order chi connectivity index (χ0) is 47.6. The molecule has 1 saturated heterocycles. The maximum atomic E-state index is 15.5. The van der Waals surface area contributed by atoms with Crippen LogP contribution in [0.1, 0.15) is 103 Å². The molecule has 4 aliphatic rings. The fraction of sp³-hybridized carbons (Fsp3) is 0.565. The highest BCUT2D eigenvalue weighted by Gasteiger charge is 2.78. The lowest BCUT2D eigenvalue weighted by atomic mass is 9.44. The molecule has 11 atom stereocenters. The number of benzene rings is 2. The highest BCUT2D eigenvalue weighted by molar-refractivity contribution is 5.95. The number of hydrogen-bond acceptors (Lipinski definition) is 15. The highest BCUT2D eigenvalue weighted by Crippen LogP contribution is 2.64. The zero-order valence-electron chi connectivity index (χ0n) is 37.3. The minimum Gasteiger partial charge on any atom is -0.456 e. The number of rotatable bonds is 9. The fourth-order valence-corrected chi connectivity index (χ4v) is 10.0. The van der Waals surface area contributed by atoms with Gasteiger partial charge < -0.3 is 49.1 Å². The van der Waals surface area contributed by atoms with E-state index in [1.807, 2.05) is 0 Å². The van der Waals surface area contributed by atoms with Crippen molar-refractivity contribution < 1.29 is 81.3 Å². The first kappa shape index (κ1) is 48.2. The number of ether oxygens (including phenoxy) is 6. The van der Waals surface area contributed by atoms with Crippen molar-refractivity contribution in [2.75, 3.05) is 6.61 Å². The molecule has 4 N–H and O–H groups in total. The summed E-state index contributed by atoms with van der Waals surface area (Å²) in [6.07, 6.45) is -12.5. The number of halogens is 2. The Morgan fingerprint density at radius 3 is 2.12 bits per heavy atom. The lowest BCUT2D eigenvalue weighted by molar-refractivity contribution is -0.346. The van der Waals surface area contributed by atoms with Gasteiger partial charge in [-0.2, -0.15) is 0 Å². The molecule has 1 amide bonds. The van der Waals surface area contributed by atoms with E-state index in [4.69, 9.17) is 28.4 Å². The monoisotopic (exact) mass is 899 g/mol. The van der Waals surface area contributed by atoms with Gasteiger partial charge in [-0.15, -0.1) is 0 Å². The molecule has 2 aromatic carbocycles. The van der Waals surface area contributed by atoms with E-state index in [0.717, 1.165) is 38.1 Å². The lowest BCUT2D eigenvalue weighted by Crippen LogP contribution is -2.82. The van der Waals surface area contributed by atoms with Crippen LogP contribution in [0.2, 0.25) is 0 Å². The Bertz CT molecular complexity index is 2270. The van der Waals surface area contributed by atoms with Crippen molar-refractivity contribution in [2.45, 2.75) is 142 Å². The Morgan fingerprint density at radius 2 is 1.58 bits per heavy atom. The van der Waals surface area contributed by atoms with E-state index in [2.05, 4.69) is 5.32 Å². The van der Waals surface area contributed by atoms with Crippen molar-refractivity contribution in [1.82, 2.24) is 5.32 Å². The van der Waals surface area contributed by atoms with Crippen molar-refractivity contribution >= 4 is 35.8 Å². The van der Waals surface area contributed by atoms with Gasteiger partial charge >= 0.3 is 30.0 Å². The number of Topliss-reactive ketones (excluding diaryl/α,β-unsaturated/α-hetero) is 1. The number of hydrogen-bond donors (Lipinski definition) is 4. The Morgan fingerprint density at radius 1 is 0.938 bits per heavy atom. The summed E-state index contributed by atoms with van der Waals surface area (Å²) in [5.74, 6) is -8.22. The van der Waals surface area contributed by atoms with Gasteiger partial charge in [-0.1, -0.05) is 26.0 Å². The number of esters is 4. The first-order chi connectivity index (χ1) is 29.6. The predicted molar refractivity (Wildman–Crippen MR) is 218 cm³/mol. The van der Waals surface area contributed by atoms with Crippen molar-refractivity contribution in [3.63, 3.8) is 0 Å². The number of amides is 1. The highest BCUT2D eigenvalue weighted by atomic mass is 19.1. The van der Waals surface area contributed by atoms with Crippen LogP contribution < -0.4 is 5.32 Å². The van der Waals surface area contributed by atoms with Gasteiger partial charge in [-0.3, -0.25) is 14.4 Å². The summed E-state index contributed by atoms with van der Waals surface area (Å²) in [5.41, 5.74) is -9.41. The molecular weight excluding hydrogens is 844 g/mol. The van der Waals surface area contributed by atoms with Gasteiger partial charge in [0.1, 0.15) is 41.1 Å². The van der Waals surface area contributed by atoms with E-state index < -0.39 is 137 Å². The molecule has 2 saturated carbocycles. The molecule has 6 rings (SSSR count). The van der Waals surface area contributed by atoms with E-state index in [1.54, 1.807) is 20.8 Å². The maximum Gasteiger partial charge on any atom is 0.408 e. The predicted octanol–water partition coefficient (Wildman–Crippen LogP) is 4.42. The molecule has 18 heteroatoms. The zero-order valence-corrected chi connectivity index (χ0v) is 37.3. The average Bonchev–Trinajstić information content (AvgIpc) is 3.18. The summed E-state index contributed by atoms with van der Waals surface area (Å²) in [6, 6.07) is 6.28. The van der Waals surface area contributed by atoms with E-state index in [1.165, 1.54) is 52.8 Å². The standard InChI is InChI=1S/C46H55F2NO15/c1-21-17-26(13-16-28(21)48)39(55)62-38-36-44(10,30(52)18-31-45(36,20-59-31)63-24(4)51)37(54)35(60-23(3)50)32-22(2)29(19-46(38,58)43(32,8)9)61-40(56)34(53)33(25-11-14-27(47)15-12-25)49-41(57)64-42(5,6)7/h11-17,29-31,33-36,38,52-53,58H,18-20H2,1-10H3,(H,49,57)/t29-,30-,31+,33-,34+,35+,36-,38-,44+,45-,46+/m0/s1. The van der Waals surface area contributed by atoms with Gasteiger partial charge in [0.2, 0.25) is 0 Å². The van der Waals surface area contributed by atoms with Crippen LogP contribution in [0.15, 0.2) is 53.6 Å². The third-order valence-corrected chi connectivity index (χ3v) is 13.3. The van der Waals surface area contributed by atoms with E-state index >= 15 is 4.79 Å². The fourth-order valence-electron chi connectivity index (χ4n) is 10.0. The summed E-state index contributed by atoms with van der Waals surface area (Å²) >= 11 is 0. The third-order valence-electron chi connectivity index (χ3n) is 13.3. The molecule has 0 spiro atoms. The van der Waals surface area contributed by atoms with Crippen LogP contribution in [0.25, 0.3) is 0 Å². The third kappa shape index (κ3) is 8.29. The molecule has 348 valence electrons. The molecule has 2 bridgehead atoms. The smallest absolute Gasteiger partial charge is 0.408 e. The maximum absolute atomic E-state index is 15.5. The van der Waals surface area contributed by atoms with Crippen molar-refractivity contribution in [2.24, 2.45) is 16.7 Å². The Balaban J connectivity index is 1.55. The van der Waals surface area contributed by atoms with Crippen LogP contribution in [0, 0.1) is 35.3 Å². The number of fused-ring (bicyclic) bond motifs is 5.